The predicted molar refractivity (Wildman–Crippen MR) is 104 cm³/mol. The number of halogens is 3. The molecule has 5 nitrogen and oxygen atoms in total. The van der Waals surface area contributed by atoms with Gasteiger partial charge < -0.3 is 14.5 Å². The third kappa shape index (κ3) is 4.01. The number of ether oxygens (including phenoxy) is 1. The Morgan fingerprint density at radius 3 is 2.23 bits per heavy atom. The van der Waals surface area contributed by atoms with E-state index in [0.29, 0.717) is 32.4 Å². The summed E-state index contributed by atoms with van der Waals surface area (Å²) < 4.78 is 45.2. The summed E-state index contributed by atoms with van der Waals surface area (Å²) in [5, 5.41) is 0. The Labute approximate surface area is 174 Å². The number of likely N-dealkylation sites (tertiary alicyclic amines) is 1. The maximum absolute atomic E-state index is 13.3. The summed E-state index contributed by atoms with van der Waals surface area (Å²) in [4.78, 5) is 27.0. The molecule has 1 saturated heterocycles. The van der Waals surface area contributed by atoms with Crippen LogP contribution in [0.4, 0.5) is 18.0 Å². The van der Waals surface area contributed by atoms with Crippen molar-refractivity contribution in [2.45, 2.75) is 69.8 Å². The summed E-state index contributed by atoms with van der Waals surface area (Å²) >= 11 is 0. The minimum absolute atomic E-state index is 0.0475. The smallest absolute Gasteiger partial charge is 0.444 e. The summed E-state index contributed by atoms with van der Waals surface area (Å²) in [6.45, 7) is 6.32. The summed E-state index contributed by atoms with van der Waals surface area (Å²) in [7, 11) is 0. The highest BCUT2D eigenvalue weighted by Crippen LogP contribution is 2.55. The van der Waals surface area contributed by atoms with Crippen LogP contribution in [0.3, 0.4) is 0 Å². The Morgan fingerprint density at radius 1 is 1.10 bits per heavy atom. The molecule has 1 heterocycles. The molecule has 0 bridgehead atoms. The molecule has 4 rings (SSSR count). The highest BCUT2D eigenvalue weighted by Gasteiger charge is 2.61. The standard InChI is InChI=1S/C22H27F3N2O3/c1-20(2,3)30-19(29)26-12-21(13-26)10-15(11-21)27(18(28)22(23,24)25)17-9-16(17)14-7-5-4-6-8-14/h4-8,15-17H,9-13H2,1-3H3. The first-order valence-electron chi connectivity index (χ1n) is 10.3. The molecule has 2 saturated carbocycles. The van der Waals surface area contributed by atoms with Crippen molar-refractivity contribution in [1.82, 2.24) is 9.80 Å². The van der Waals surface area contributed by atoms with Crippen molar-refractivity contribution in [3.8, 4) is 0 Å². The van der Waals surface area contributed by atoms with E-state index in [0.717, 1.165) is 10.5 Å². The van der Waals surface area contributed by atoms with Gasteiger partial charge in [0.1, 0.15) is 5.60 Å². The average molecular weight is 424 g/mol. The fourth-order valence-corrected chi connectivity index (χ4v) is 4.89. The van der Waals surface area contributed by atoms with Crippen LogP contribution in [0.5, 0.6) is 0 Å². The van der Waals surface area contributed by atoms with Crippen LogP contribution in [0.2, 0.25) is 0 Å². The lowest BCUT2D eigenvalue weighted by atomic mass is 9.60. The monoisotopic (exact) mass is 424 g/mol. The third-order valence-electron chi connectivity index (χ3n) is 6.25. The molecule has 8 heteroatoms. The average Bonchev–Trinajstić information content (AvgIpc) is 3.33. The van der Waals surface area contributed by atoms with Gasteiger partial charge in [0, 0.05) is 36.5 Å². The SMILES string of the molecule is CC(C)(C)OC(=O)N1CC2(CC(N(C(=O)C(F)(F)F)C3CC3c3ccccc3)C2)C1. The number of hydrogen-bond donors (Lipinski definition) is 0. The van der Waals surface area contributed by atoms with Crippen LogP contribution in [0.25, 0.3) is 0 Å². The first kappa shape index (κ1) is 21.0. The van der Waals surface area contributed by atoms with Gasteiger partial charge in [-0.2, -0.15) is 13.2 Å². The van der Waals surface area contributed by atoms with Gasteiger partial charge in [-0.15, -0.1) is 0 Å². The van der Waals surface area contributed by atoms with Crippen molar-refractivity contribution >= 4 is 12.0 Å². The molecule has 1 spiro atoms. The summed E-state index contributed by atoms with van der Waals surface area (Å²) in [6.07, 6.45) is -3.74. The molecule has 1 aliphatic heterocycles. The number of hydrogen-bond acceptors (Lipinski definition) is 3. The van der Waals surface area contributed by atoms with E-state index in [1.807, 2.05) is 30.3 Å². The number of rotatable bonds is 3. The van der Waals surface area contributed by atoms with Crippen LogP contribution in [0, 0.1) is 5.41 Å². The second-order valence-electron chi connectivity index (χ2n) is 9.93. The molecule has 3 fully saturated rings. The van der Waals surface area contributed by atoms with Gasteiger partial charge in [0.15, 0.2) is 0 Å². The van der Waals surface area contributed by atoms with Crippen LogP contribution in [-0.2, 0) is 9.53 Å². The summed E-state index contributed by atoms with van der Waals surface area (Å²) in [6, 6.07) is 8.53. The van der Waals surface area contributed by atoms with Gasteiger partial charge in [-0.05, 0) is 45.6 Å². The Kier molecular flexibility index (Phi) is 4.82. The Hall–Kier alpha value is -2.25. The number of alkyl halides is 3. The van der Waals surface area contributed by atoms with Crippen LogP contribution < -0.4 is 0 Å². The van der Waals surface area contributed by atoms with Crippen LogP contribution in [0.15, 0.2) is 30.3 Å². The lowest BCUT2D eigenvalue weighted by Gasteiger charge is -2.60. The van der Waals surface area contributed by atoms with Crippen molar-refractivity contribution in [1.29, 1.82) is 0 Å². The van der Waals surface area contributed by atoms with Crippen molar-refractivity contribution in [2.24, 2.45) is 5.41 Å². The highest BCUT2D eigenvalue weighted by atomic mass is 19.4. The van der Waals surface area contributed by atoms with Gasteiger partial charge in [0.05, 0.1) is 0 Å². The fourth-order valence-electron chi connectivity index (χ4n) is 4.89. The Balaban J connectivity index is 1.39. The lowest BCUT2D eigenvalue weighted by Crippen LogP contribution is -2.69. The first-order chi connectivity index (χ1) is 13.9. The normalized spacial score (nSPS) is 25.3. The van der Waals surface area contributed by atoms with E-state index in [1.54, 1.807) is 25.7 Å². The van der Waals surface area contributed by atoms with Gasteiger partial charge >= 0.3 is 18.2 Å². The summed E-state index contributed by atoms with van der Waals surface area (Å²) in [5.41, 5.74) is 0.190. The Bertz CT molecular complexity index is 820. The molecule has 2 unspecified atom stereocenters. The predicted octanol–water partition coefficient (Wildman–Crippen LogP) is 4.33. The van der Waals surface area contributed by atoms with Gasteiger partial charge in [0.2, 0.25) is 0 Å². The zero-order chi connectivity index (χ0) is 21.9. The van der Waals surface area contributed by atoms with E-state index in [1.165, 1.54) is 0 Å². The van der Waals surface area contributed by atoms with E-state index in [2.05, 4.69) is 0 Å². The molecule has 1 aromatic rings. The number of benzene rings is 1. The summed E-state index contributed by atoms with van der Waals surface area (Å²) in [5.74, 6) is -1.79. The lowest BCUT2D eigenvalue weighted by molar-refractivity contribution is -0.196. The molecule has 0 N–H and O–H groups in total. The van der Waals surface area contributed by atoms with Crippen molar-refractivity contribution in [3.05, 3.63) is 35.9 Å². The molecule has 2 atom stereocenters. The van der Waals surface area contributed by atoms with E-state index in [-0.39, 0.29) is 11.3 Å². The van der Waals surface area contributed by atoms with Gasteiger partial charge in [-0.1, -0.05) is 30.3 Å². The zero-order valence-electron chi connectivity index (χ0n) is 17.4. The van der Waals surface area contributed by atoms with Crippen molar-refractivity contribution in [2.75, 3.05) is 13.1 Å². The molecule has 0 aromatic heterocycles. The van der Waals surface area contributed by atoms with Crippen LogP contribution >= 0.6 is 0 Å². The number of carbonyl (C=O) groups is 2. The molecule has 0 radical (unpaired) electrons. The molecule has 1 aromatic carbocycles. The van der Waals surface area contributed by atoms with Crippen molar-refractivity contribution < 1.29 is 27.5 Å². The maximum Gasteiger partial charge on any atom is 0.471 e. The van der Waals surface area contributed by atoms with E-state index < -0.39 is 35.9 Å². The van der Waals surface area contributed by atoms with Crippen molar-refractivity contribution in [3.63, 3.8) is 0 Å². The quantitative estimate of drug-likeness (QED) is 0.726. The topological polar surface area (TPSA) is 49.9 Å². The van der Waals surface area contributed by atoms with E-state index in [4.69, 9.17) is 4.74 Å². The second kappa shape index (κ2) is 6.89. The molecular weight excluding hydrogens is 397 g/mol. The molecule has 30 heavy (non-hydrogen) atoms. The van der Waals surface area contributed by atoms with Crippen LogP contribution in [-0.4, -0.2) is 58.8 Å². The largest absolute Gasteiger partial charge is 0.471 e. The van der Waals surface area contributed by atoms with E-state index >= 15 is 0 Å². The maximum atomic E-state index is 13.3. The molecule has 164 valence electrons. The highest BCUT2D eigenvalue weighted by molar-refractivity contribution is 5.83. The second-order valence-corrected chi connectivity index (χ2v) is 9.93. The van der Waals surface area contributed by atoms with Gasteiger partial charge in [-0.3, -0.25) is 4.79 Å². The molecule has 3 aliphatic rings. The number of amides is 2. The Morgan fingerprint density at radius 2 is 1.70 bits per heavy atom. The fraction of sp³-hybridized carbons (Fsp3) is 0.636. The minimum atomic E-state index is -4.88. The molecule has 2 amide bonds. The first-order valence-corrected chi connectivity index (χ1v) is 10.3. The number of carbonyl (C=O) groups excluding carboxylic acids is 2. The minimum Gasteiger partial charge on any atom is -0.444 e. The zero-order valence-corrected chi connectivity index (χ0v) is 17.4. The molecular formula is C22H27F3N2O3. The van der Waals surface area contributed by atoms with Crippen LogP contribution in [0.1, 0.15) is 51.5 Å². The number of nitrogens with zero attached hydrogens (tertiary/aromatic N) is 2. The third-order valence-corrected chi connectivity index (χ3v) is 6.25. The van der Waals surface area contributed by atoms with E-state index in [9.17, 15) is 22.8 Å². The molecule has 2 aliphatic carbocycles. The van der Waals surface area contributed by atoms with Gasteiger partial charge in [-0.25, -0.2) is 4.79 Å². The van der Waals surface area contributed by atoms with Gasteiger partial charge in [0.25, 0.3) is 0 Å².